The van der Waals surface area contributed by atoms with Crippen LogP contribution in [0.3, 0.4) is 0 Å². The fourth-order valence-electron chi connectivity index (χ4n) is 0.861. The van der Waals surface area contributed by atoms with E-state index in [1.54, 1.807) is 19.0 Å². The Morgan fingerprint density at radius 3 is 2.43 bits per heavy atom. The summed E-state index contributed by atoms with van der Waals surface area (Å²) in [5.41, 5.74) is 4.88. The molecule has 0 fully saturated rings. The minimum absolute atomic E-state index is 0.168. The lowest BCUT2D eigenvalue weighted by atomic mass is 10.2. The van der Waals surface area contributed by atoms with Crippen LogP contribution < -0.4 is 5.73 Å². The summed E-state index contributed by atoms with van der Waals surface area (Å²) in [4.78, 5) is 5.33. The maximum Gasteiger partial charge on any atom is 0.151 e. The van der Waals surface area contributed by atoms with Gasteiger partial charge in [0.25, 0.3) is 0 Å². The predicted molar refractivity (Wildman–Crippen MR) is 52.6 cm³/mol. The Morgan fingerprint density at radius 1 is 1.29 bits per heavy atom. The van der Waals surface area contributed by atoms with Crippen LogP contribution in [-0.4, -0.2) is 25.3 Å². The van der Waals surface area contributed by atoms with Crippen LogP contribution >= 0.6 is 0 Å². The lowest BCUT2D eigenvalue weighted by Gasteiger charge is -2.05. The first-order chi connectivity index (χ1) is 6.52. The molecule has 0 aliphatic heterocycles. The molecule has 0 aromatic heterocycles. The highest BCUT2D eigenvalue weighted by Gasteiger charge is 2.09. The van der Waals surface area contributed by atoms with Crippen molar-refractivity contribution < 1.29 is 8.78 Å². The number of hydrogen-bond donors (Lipinski definition) is 1. The maximum atomic E-state index is 13.1. The summed E-state index contributed by atoms with van der Waals surface area (Å²) in [5, 5.41) is 0. The van der Waals surface area contributed by atoms with E-state index in [1.165, 1.54) is 6.34 Å². The number of hydrogen-bond acceptors (Lipinski definition) is 2. The van der Waals surface area contributed by atoms with Crippen molar-refractivity contribution in [3.05, 3.63) is 23.8 Å². The molecule has 0 heterocycles. The van der Waals surface area contributed by atoms with Gasteiger partial charge in [-0.1, -0.05) is 0 Å². The van der Waals surface area contributed by atoms with Gasteiger partial charge >= 0.3 is 0 Å². The topological polar surface area (TPSA) is 41.6 Å². The predicted octanol–water partition coefficient (Wildman–Crippen LogP) is 1.77. The third-order valence-corrected chi connectivity index (χ3v) is 1.53. The fraction of sp³-hybridized carbons (Fsp3) is 0.222. The van der Waals surface area contributed by atoms with E-state index in [-0.39, 0.29) is 11.4 Å². The Labute approximate surface area is 80.9 Å². The molecule has 0 bridgehead atoms. The quantitative estimate of drug-likeness (QED) is 0.448. The highest BCUT2D eigenvalue weighted by Crippen LogP contribution is 2.27. The SMILES string of the molecule is CN(C)/C=N/c1c(F)ccc(F)c1N. The molecule has 2 N–H and O–H groups in total. The third kappa shape index (κ3) is 2.18. The van der Waals surface area contributed by atoms with Crippen molar-refractivity contribution in [1.82, 2.24) is 4.90 Å². The van der Waals surface area contributed by atoms with Gasteiger partial charge in [0.1, 0.15) is 11.5 Å². The molecule has 0 amide bonds. The molecule has 1 aromatic rings. The first-order valence-corrected chi connectivity index (χ1v) is 3.96. The van der Waals surface area contributed by atoms with Gasteiger partial charge in [-0.3, -0.25) is 0 Å². The molecule has 0 atom stereocenters. The number of nitrogens with two attached hydrogens (primary N) is 1. The average Bonchev–Trinajstić information content (AvgIpc) is 2.11. The summed E-state index contributed by atoms with van der Waals surface area (Å²) >= 11 is 0. The van der Waals surface area contributed by atoms with Crippen molar-refractivity contribution in [2.45, 2.75) is 0 Å². The van der Waals surface area contributed by atoms with Gasteiger partial charge in [0.2, 0.25) is 0 Å². The van der Waals surface area contributed by atoms with Crippen molar-refractivity contribution >= 4 is 17.7 Å². The molecule has 0 radical (unpaired) electrons. The molecular formula is C9H11F2N3. The second-order valence-electron chi connectivity index (χ2n) is 3.00. The highest BCUT2D eigenvalue weighted by molar-refractivity contribution is 5.70. The molecule has 5 heteroatoms. The number of halogens is 2. The number of benzene rings is 1. The van der Waals surface area contributed by atoms with Crippen molar-refractivity contribution in [3.63, 3.8) is 0 Å². The Morgan fingerprint density at radius 2 is 1.86 bits per heavy atom. The van der Waals surface area contributed by atoms with Crippen molar-refractivity contribution in [2.75, 3.05) is 19.8 Å². The molecule has 0 aliphatic carbocycles. The maximum absolute atomic E-state index is 13.1. The Hall–Kier alpha value is -1.65. The lowest BCUT2D eigenvalue weighted by molar-refractivity contribution is 0.604. The first-order valence-electron chi connectivity index (χ1n) is 3.96. The molecule has 1 aromatic carbocycles. The first kappa shape index (κ1) is 10.4. The largest absolute Gasteiger partial charge is 0.395 e. The Bertz CT molecular complexity index is 361. The van der Waals surface area contributed by atoms with E-state index in [1.807, 2.05) is 0 Å². The van der Waals surface area contributed by atoms with Gasteiger partial charge in [0, 0.05) is 14.1 Å². The Balaban J connectivity index is 3.13. The summed E-state index contributed by atoms with van der Waals surface area (Å²) in [6, 6.07) is 1.97. The number of aliphatic imine (C=N–C) groups is 1. The van der Waals surface area contributed by atoms with E-state index in [2.05, 4.69) is 4.99 Å². The van der Waals surface area contributed by atoms with Crippen LogP contribution in [0.5, 0.6) is 0 Å². The number of anilines is 1. The number of nitrogen functional groups attached to an aromatic ring is 1. The molecule has 3 nitrogen and oxygen atoms in total. The standard InChI is InChI=1S/C9H11F2N3/c1-14(2)5-13-9-7(11)4-3-6(10)8(9)12/h3-5H,12H2,1-2H3/b13-5+. The van der Waals surface area contributed by atoms with E-state index in [0.29, 0.717) is 0 Å². The van der Waals surface area contributed by atoms with E-state index < -0.39 is 11.6 Å². The molecule has 14 heavy (non-hydrogen) atoms. The molecule has 1 rings (SSSR count). The van der Waals surface area contributed by atoms with Crippen LogP contribution in [0.2, 0.25) is 0 Å². The van der Waals surface area contributed by atoms with Crippen molar-refractivity contribution in [2.24, 2.45) is 4.99 Å². The monoisotopic (exact) mass is 199 g/mol. The summed E-state index contributed by atoms with van der Waals surface area (Å²) < 4.78 is 26.0. The fourth-order valence-corrected chi connectivity index (χ4v) is 0.861. The smallest absolute Gasteiger partial charge is 0.151 e. The van der Waals surface area contributed by atoms with E-state index in [4.69, 9.17) is 5.73 Å². The summed E-state index contributed by atoms with van der Waals surface area (Å²) in [6.07, 6.45) is 1.36. The molecule has 0 spiro atoms. The van der Waals surface area contributed by atoms with Crippen LogP contribution in [0.1, 0.15) is 0 Å². The van der Waals surface area contributed by atoms with Gasteiger partial charge < -0.3 is 10.6 Å². The zero-order chi connectivity index (χ0) is 10.7. The van der Waals surface area contributed by atoms with Crippen LogP contribution in [0.4, 0.5) is 20.2 Å². The van der Waals surface area contributed by atoms with Gasteiger partial charge in [0.05, 0.1) is 12.0 Å². The van der Waals surface area contributed by atoms with Crippen molar-refractivity contribution in [1.29, 1.82) is 0 Å². The normalized spacial score (nSPS) is 10.9. The molecule has 0 unspecified atom stereocenters. The molecule has 0 aliphatic rings. The molecule has 0 saturated carbocycles. The zero-order valence-electron chi connectivity index (χ0n) is 7.96. The second kappa shape index (κ2) is 4.04. The summed E-state index contributed by atoms with van der Waals surface area (Å²) in [7, 11) is 3.44. The van der Waals surface area contributed by atoms with Gasteiger partial charge in [-0.2, -0.15) is 0 Å². The lowest BCUT2D eigenvalue weighted by Crippen LogP contribution is -2.07. The van der Waals surface area contributed by atoms with Gasteiger partial charge in [-0.15, -0.1) is 0 Å². The number of rotatable bonds is 2. The minimum atomic E-state index is -0.669. The van der Waals surface area contributed by atoms with E-state index in [9.17, 15) is 8.78 Å². The van der Waals surface area contributed by atoms with Crippen LogP contribution in [0.25, 0.3) is 0 Å². The second-order valence-corrected chi connectivity index (χ2v) is 3.00. The van der Waals surface area contributed by atoms with Crippen molar-refractivity contribution in [3.8, 4) is 0 Å². The van der Waals surface area contributed by atoms with Gasteiger partial charge in [-0.25, -0.2) is 13.8 Å². The highest BCUT2D eigenvalue weighted by atomic mass is 19.1. The molecular weight excluding hydrogens is 188 g/mol. The minimum Gasteiger partial charge on any atom is -0.395 e. The molecule has 76 valence electrons. The van der Waals surface area contributed by atoms with Gasteiger partial charge in [-0.05, 0) is 12.1 Å². The summed E-state index contributed by atoms with van der Waals surface area (Å²) in [6.45, 7) is 0. The van der Waals surface area contributed by atoms with Crippen LogP contribution in [0, 0.1) is 11.6 Å². The van der Waals surface area contributed by atoms with E-state index >= 15 is 0 Å². The van der Waals surface area contributed by atoms with Crippen LogP contribution in [0.15, 0.2) is 17.1 Å². The Kier molecular flexibility index (Phi) is 3.01. The zero-order valence-corrected chi connectivity index (χ0v) is 7.96. The van der Waals surface area contributed by atoms with Crippen LogP contribution in [-0.2, 0) is 0 Å². The third-order valence-electron chi connectivity index (χ3n) is 1.53. The number of nitrogens with zero attached hydrogens (tertiary/aromatic N) is 2. The van der Waals surface area contributed by atoms with Gasteiger partial charge in [0.15, 0.2) is 5.82 Å². The van der Waals surface area contributed by atoms with E-state index in [0.717, 1.165) is 12.1 Å². The molecule has 0 saturated heterocycles. The average molecular weight is 199 g/mol. The summed E-state index contributed by atoms with van der Waals surface area (Å²) in [5.74, 6) is -1.31.